The number of aliphatic imine (C=N–C) groups is 1. The molecule has 0 radical (unpaired) electrons. The van der Waals surface area contributed by atoms with Gasteiger partial charge in [0.25, 0.3) is 0 Å². The fourth-order valence-corrected chi connectivity index (χ4v) is 2.91. The molecule has 1 fully saturated rings. The summed E-state index contributed by atoms with van der Waals surface area (Å²) in [5, 5.41) is 2.82. The molecule has 5 heteroatoms. The summed E-state index contributed by atoms with van der Waals surface area (Å²) in [6, 6.07) is 17.0. The minimum absolute atomic E-state index is 0.327. The Hall–Kier alpha value is -2.82. The number of carbonyl (C=O) groups excluding carboxylic acids is 1. The molecule has 0 spiro atoms. The molecule has 1 heterocycles. The van der Waals surface area contributed by atoms with Gasteiger partial charge in [0.2, 0.25) is 0 Å². The van der Waals surface area contributed by atoms with E-state index in [9.17, 15) is 4.79 Å². The van der Waals surface area contributed by atoms with E-state index in [4.69, 9.17) is 4.74 Å². The van der Waals surface area contributed by atoms with Crippen molar-refractivity contribution in [3.8, 4) is 5.75 Å². The van der Waals surface area contributed by atoms with Gasteiger partial charge in [-0.2, -0.15) is 4.99 Å². The number of nitrogens with zero attached hydrogens (tertiary/aromatic N) is 2. The van der Waals surface area contributed by atoms with Gasteiger partial charge in [0.1, 0.15) is 18.2 Å². The molecule has 136 valence electrons. The van der Waals surface area contributed by atoms with Crippen LogP contribution in [0.1, 0.15) is 31.2 Å². The molecular formula is C21H25N3O2. The normalized spacial score (nSPS) is 16.2. The molecule has 5 nitrogen and oxygen atoms in total. The fourth-order valence-electron chi connectivity index (χ4n) is 2.91. The maximum Gasteiger partial charge on any atom is 0.347 e. The smallest absolute Gasteiger partial charge is 0.347 e. The molecule has 0 atom stereocenters. The summed E-state index contributed by atoms with van der Waals surface area (Å²) in [5.74, 6) is 1.63. The molecule has 1 N–H and O–H groups in total. The van der Waals surface area contributed by atoms with E-state index >= 15 is 0 Å². The minimum atomic E-state index is -0.327. The van der Waals surface area contributed by atoms with Crippen LogP contribution in [0.25, 0.3) is 0 Å². The number of ether oxygens (including phenoxy) is 1. The zero-order valence-corrected chi connectivity index (χ0v) is 15.1. The lowest BCUT2D eigenvalue weighted by atomic mass is 10.2. The van der Waals surface area contributed by atoms with Crippen LogP contribution in [0.4, 0.5) is 10.5 Å². The van der Waals surface area contributed by atoms with Crippen molar-refractivity contribution in [1.82, 2.24) is 4.90 Å². The van der Waals surface area contributed by atoms with Gasteiger partial charge in [-0.1, -0.05) is 36.8 Å². The molecule has 0 unspecified atom stereocenters. The van der Waals surface area contributed by atoms with Gasteiger partial charge >= 0.3 is 6.03 Å². The molecule has 1 aliphatic heterocycles. The average molecular weight is 351 g/mol. The number of carbonyl (C=O) groups is 1. The zero-order chi connectivity index (χ0) is 18.2. The maximum atomic E-state index is 12.2. The van der Waals surface area contributed by atoms with E-state index in [1.807, 2.05) is 61.6 Å². The van der Waals surface area contributed by atoms with E-state index in [1.165, 1.54) is 6.42 Å². The third-order valence-corrected chi connectivity index (χ3v) is 4.42. The highest BCUT2D eigenvalue weighted by Gasteiger charge is 2.12. The Balaban J connectivity index is 1.54. The van der Waals surface area contributed by atoms with Crippen molar-refractivity contribution in [2.45, 2.75) is 32.3 Å². The lowest BCUT2D eigenvalue weighted by Gasteiger charge is -2.17. The summed E-state index contributed by atoms with van der Waals surface area (Å²) in [6.45, 7) is 1.48. The van der Waals surface area contributed by atoms with Crippen molar-refractivity contribution in [3.63, 3.8) is 0 Å². The number of urea groups is 1. The number of nitrogens with one attached hydrogen (secondary N) is 1. The number of hydrogen-bond donors (Lipinski definition) is 1. The predicted octanol–water partition coefficient (Wildman–Crippen LogP) is 4.70. The predicted molar refractivity (Wildman–Crippen MR) is 105 cm³/mol. The molecule has 1 saturated heterocycles. The average Bonchev–Trinajstić information content (AvgIpc) is 2.86. The molecule has 2 aromatic rings. The number of anilines is 1. The van der Waals surface area contributed by atoms with Crippen LogP contribution in [-0.2, 0) is 6.61 Å². The topological polar surface area (TPSA) is 53.9 Å². The number of likely N-dealkylation sites (tertiary alicyclic amines) is 1. The fraction of sp³-hybridized carbons (Fsp3) is 0.333. The Bertz CT molecular complexity index is 742. The second kappa shape index (κ2) is 9.04. The summed E-state index contributed by atoms with van der Waals surface area (Å²) in [5.41, 5.74) is 1.83. The summed E-state index contributed by atoms with van der Waals surface area (Å²) in [7, 11) is 2.00. The van der Waals surface area contributed by atoms with Gasteiger partial charge in [0.15, 0.2) is 0 Å². The highest BCUT2D eigenvalue weighted by atomic mass is 16.5. The van der Waals surface area contributed by atoms with Gasteiger partial charge in [-0.15, -0.1) is 0 Å². The number of amidine groups is 1. The quantitative estimate of drug-likeness (QED) is 0.868. The first kappa shape index (κ1) is 18.0. The van der Waals surface area contributed by atoms with Gasteiger partial charge in [-0.05, 0) is 42.7 Å². The lowest BCUT2D eigenvalue weighted by Crippen LogP contribution is -2.27. The Kier molecular flexibility index (Phi) is 6.25. The highest BCUT2D eigenvalue weighted by molar-refractivity contribution is 5.99. The monoisotopic (exact) mass is 351 g/mol. The molecule has 2 amide bonds. The third kappa shape index (κ3) is 5.34. The summed E-state index contributed by atoms with van der Waals surface area (Å²) < 4.78 is 5.75. The van der Waals surface area contributed by atoms with Crippen molar-refractivity contribution < 1.29 is 9.53 Å². The molecule has 0 aliphatic carbocycles. The third-order valence-electron chi connectivity index (χ3n) is 4.42. The maximum absolute atomic E-state index is 12.2. The van der Waals surface area contributed by atoms with Crippen LogP contribution in [0.2, 0.25) is 0 Å². The van der Waals surface area contributed by atoms with Crippen molar-refractivity contribution in [3.05, 3.63) is 60.2 Å². The molecule has 3 rings (SSSR count). The van der Waals surface area contributed by atoms with Gasteiger partial charge in [0, 0.05) is 25.7 Å². The van der Waals surface area contributed by atoms with Crippen LogP contribution >= 0.6 is 0 Å². The van der Waals surface area contributed by atoms with Crippen LogP contribution < -0.4 is 10.1 Å². The van der Waals surface area contributed by atoms with Crippen molar-refractivity contribution in [2.24, 2.45) is 4.99 Å². The number of benzene rings is 2. The van der Waals surface area contributed by atoms with Crippen LogP contribution in [0.3, 0.4) is 0 Å². The van der Waals surface area contributed by atoms with Crippen LogP contribution in [0.5, 0.6) is 5.75 Å². The van der Waals surface area contributed by atoms with Gasteiger partial charge in [-0.3, -0.25) is 0 Å². The highest BCUT2D eigenvalue weighted by Crippen LogP contribution is 2.18. The van der Waals surface area contributed by atoms with Gasteiger partial charge < -0.3 is 15.0 Å². The first-order chi connectivity index (χ1) is 12.7. The Labute approximate surface area is 154 Å². The van der Waals surface area contributed by atoms with E-state index in [2.05, 4.69) is 15.2 Å². The van der Waals surface area contributed by atoms with E-state index in [0.29, 0.717) is 12.3 Å². The van der Waals surface area contributed by atoms with Crippen molar-refractivity contribution in [1.29, 1.82) is 0 Å². The molecule has 0 saturated carbocycles. The first-order valence-electron chi connectivity index (χ1n) is 9.07. The lowest BCUT2D eigenvalue weighted by molar-refractivity contribution is 0.259. The molecular weight excluding hydrogens is 326 g/mol. The van der Waals surface area contributed by atoms with Crippen LogP contribution in [-0.4, -0.2) is 30.4 Å². The first-order valence-corrected chi connectivity index (χ1v) is 9.07. The summed E-state index contributed by atoms with van der Waals surface area (Å²) in [4.78, 5) is 18.5. The van der Waals surface area contributed by atoms with Gasteiger partial charge in [0.05, 0.1) is 0 Å². The van der Waals surface area contributed by atoms with E-state index in [1.54, 1.807) is 0 Å². The Morgan fingerprint density at radius 1 is 1.08 bits per heavy atom. The number of hydrogen-bond acceptors (Lipinski definition) is 2. The number of amides is 2. The molecule has 26 heavy (non-hydrogen) atoms. The van der Waals surface area contributed by atoms with E-state index < -0.39 is 0 Å². The summed E-state index contributed by atoms with van der Waals surface area (Å²) >= 11 is 0. The SMILES string of the molecule is CN1CCCCCC1=NC(=O)Nc1ccc(OCc2ccccc2)cc1. The van der Waals surface area contributed by atoms with Crippen LogP contribution in [0.15, 0.2) is 59.6 Å². The van der Waals surface area contributed by atoms with Crippen molar-refractivity contribution in [2.75, 3.05) is 18.9 Å². The van der Waals surface area contributed by atoms with Crippen LogP contribution in [0, 0.1) is 0 Å². The second-order valence-electron chi connectivity index (χ2n) is 6.49. The molecule has 0 bridgehead atoms. The zero-order valence-electron chi connectivity index (χ0n) is 15.1. The van der Waals surface area contributed by atoms with Crippen molar-refractivity contribution >= 4 is 17.6 Å². The molecule has 1 aliphatic rings. The van der Waals surface area contributed by atoms with E-state index in [0.717, 1.165) is 43.0 Å². The Morgan fingerprint density at radius 2 is 1.85 bits per heavy atom. The van der Waals surface area contributed by atoms with Gasteiger partial charge in [-0.25, -0.2) is 4.79 Å². The Morgan fingerprint density at radius 3 is 2.62 bits per heavy atom. The van der Waals surface area contributed by atoms with E-state index in [-0.39, 0.29) is 6.03 Å². The number of rotatable bonds is 4. The largest absolute Gasteiger partial charge is 0.489 e. The minimum Gasteiger partial charge on any atom is -0.489 e. The second-order valence-corrected chi connectivity index (χ2v) is 6.49. The molecule has 0 aromatic heterocycles. The standard InChI is InChI=1S/C21H25N3O2/c1-24-15-7-3-6-10-20(24)23-21(25)22-18-11-13-19(14-12-18)26-16-17-8-4-2-5-9-17/h2,4-5,8-9,11-14H,3,6-7,10,15-16H2,1H3,(H,22,25). The summed E-state index contributed by atoms with van der Waals surface area (Å²) in [6.07, 6.45) is 4.29. The molecule has 2 aromatic carbocycles.